The number of alkyl halides is 3. The van der Waals surface area contributed by atoms with Gasteiger partial charge in [0.25, 0.3) is 0 Å². The zero-order chi connectivity index (χ0) is 27.6. The molecule has 0 radical (unpaired) electrons. The summed E-state index contributed by atoms with van der Waals surface area (Å²) in [4.78, 5) is 2.50. The Morgan fingerprint density at radius 3 is 2.35 bits per heavy atom. The Morgan fingerprint density at radius 2 is 1.84 bits per heavy atom. The molecular weight excluding hydrogens is 497 g/mol. The van der Waals surface area contributed by atoms with Crippen molar-refractivity contribution < 1.29 is 17.6 Å². The minimum atomic E-state index is -4.22. The summed E-state index contributed by atoms with van der Waals surface area (Å²) in [5.41, 5.74) is 1.75. The van der Waals surface area contributed by atoms with Gasteiger partial charge in [0, 0.05) is 6.54 Å². The molecule has 0 bridgehead atoms. The van der Waals surface area contributed by atoms with E-state index in [0.717, 1.165) is 41.5 Å². The predicted molar refractivity (Wildman–Crippen MR) is 143 cm³/mol. The fourth-order valence-electron chi connectivity index (χ4n) is 4.02. The number of nitrogens with zero attached hydrogens (tertiary/aromatic N) is 2. The van der Waals surface area contributed by atoms with E-state index in [1.54, 1.807) is 18.2 Å². The normalized spacial score (nSPS) is 15.4. The van der Waals surface area contributed by atoms with Crippen molar-refractivity contribution in [3.63, 3.8) is 0 Å². The Balaban J connectivity index is 0.000000200. The van der Waals surface area contributed by atoms with Gasteiger partial charge in [0.1, 0.15) is 17.6 Å². The molecule has 0 aliphatic carbocycles. The van der Waals surface area contributed by atoms with E-state index >= 15 is 0 Å². The number of aryl methyl sites for hydroxylation is 3. The molecule has 4 rings (SSSR count). The van der Waals surface area contributed by atoms with E-state index in [2.05, 4.69) is 24.8 Å². The summed E-state index contributed by atoms with van der Waals surface area (Å²) in [7, 11) is 0. The van der Waals surface area contributed by atoms with Crippen LogP contribution in [0, 0.1) is 37.0 Å². The number of hydrogen-bond acceptors (Lipinski definition) is 3. The maximum absolute atomic E-state index is 12.1. The molecule has 0 N–H and O–H groups in total. The second kappa shape index (κ2) is 14.3. The second-order valence-corrected chi connectivity index (χ2v) is 10.1. The molecule has 1 aromatic heterocycles. The minimum Gasteiger partial charge on any atom is -0.465 e. The highest BCUT2D eigenvalue weighted by molar-refractivity contribution is 6.31. The number of rotatable bonds is 4. The first kappa shape index (κ1) is 30.5. The summed E-state index contributed by atoms with van der Waals surface area (Å²) < 4.78 is 41.9. The first-order valence-electron chi connectivity index (χ1n) is 12.5. The van der Waals surface area contributed by atoms with Crippen molar-refractivity contribution in [3.05, 3.63) is 93.4 Å². The molecule has 1 fully saturated rings. The van der Waals surface area contributed by atoms with Crippen LogP contribution in [0.5, 0.6) is 0 Å². The van der Waals surface area contributed by atoms with Crippen LogP contribution in [0.15, 0.2) is 59.0 Å². The molecule has 1 atom stereocenters. The summed E-state index contributed by atoms with van der Waals surface area (Å²) >= 11 is 5.71. The fourth-order valence-corrected chi connectivity index (χ4v) is 4.30. The Kier molecular flexibility index (Phi) is 11.7. The topological polar surface area (TPSA) is 40.2 Å². The van der Waals surface area contributed by atoms with E-state index in [1.807, 2.05) is 39.0 Å². The maximum atomic E-state index is 12.1. The van der Waals surface area contributed by atoms with Crippen molar-refractivity contribution in [1.29, 1.82) is 5.26 Å². The van der Waals surface area contributed by atoms with E-state index in [0.29, 0.717) is 22.6 Å². The first-order valence-corrected chi connectivity index (χ1v) is 12.9. The Hall–Kier alpha value is -2.75. The van der Waals surface area contributed by atoms with Gasteiger partial charge < -0.3 is 4.42 Å². The van der Waals surface area contributed by atoms with Crippen molar-refractivity contribution >= 4 is 11.6 Å². The molecule has 1 unspecified atom stereocenters. The number of nitriles is 1. The van der Waals surface area contributed by atoms with Crippen LogP contribution >= 0.6 is 11.6 Å². The van der Waals surface area contributed by atoms with Gasteiger partial charge in [-0.2, -0.15) is 18.4 Å². The number of halogens is 4. The molecule has 1 aliphatic heterocycles. The third-order valence-electron chi connectivity index (χ3n) is 6.33. The molecule has 1 aliphatic rings. The maximum Gasteiger partial charge on any atom is 0.416 e. The van der Waals surface area contributed by atoms with Crippen LogP contribution in [0.4, 0.5) is 13.2 Å². The number of hydrogen-bond donors (Lipinski definition) is 0. The van der Waals surface area contributed by atoms with E-state index < -0.39 is 11.7 Å². The van der Waals surface area contributed by atoms with Crippen LogP contribution in [0.3, 0.4) is 0 Å². The summed E-state index contributed by atoms with van der Waals surface area (Å²) in [6.45, 7) is 13.9. The van der Waals surface area contributed by atoms with Crippen LogP contribution in [-0.2, 0) is 19.1 Å². The van der Waals surface area contributed by atoms with Crippen LogP contribution in [0.2, 0.25) is 5.02 Å². The Labute approximate surface area is 223 Å². The molecule has 2 aromatic carbocycles. The van der Waals surface area contributed by atoms with Crippen molar-refractivity contribution in [2.24, 2.45) is 11.8 Å². The van der Waals surface area contributed by atoms with Gasteiger partial charge in [0.15, 0.2) is 0 Å². The molecule has 0 saturated carbocycles. The fraction of sp³-hybridized carbons (Fsp3) is 0.433. The molecule has 0 amide bonds. The highest BCUT2D eigenvalue weighted by Gasteiger charge is 2.30. The second-order valence-electron chi connectivity index (χ2n) is 9.69. The molecule has 0 spiro atoms. The van der Waals surface area contributed by atoms with Gasteiger partial charge in [0.05, 0.1) is 22.7 Å². The highest BCUT2D eigenvalue weighted by atomic mass is 35.5. The molecule has 2 heterocycles. The summed E-state index contributed by atoms with van der Waals surface area (Å²) in [6, 6.07) is 16.9. The average Bonchev–Trinajstić information content (AvgIpc) is 3.49. The predicted octanol–water partition coefficient (Wildman–Crippen LogP) is 8.85. The lowest BCUT2D eigenvalue weighted by Crippen LogP contribution is -2.21. The lowest BCUT2D eigenvalue weighted by Gasteiger charge is -2.16. The van der Waals surface area contributed by atoms with Gasteiger partial charge in [0.2, 0.25) is 0 Å². The Bertz CT molecular complexity index is 1160. The van der Waals surface area contributed by atoms with Gasteiger partial charge in [-0.05, 0) is 86.5 Å². The molecule has 3 aromatic rings. The molecular formula is C30H36ClF3N2O. The zero-order valence-electron chi connectivity index (χ0n) is 22.2. The summed E-state index contributed by atoms with van der Waals surface area (Å²) in [5, 5.41) is 9.00. The molecule has 200 valence electrons. The van der Waals surface area contributed by atoms with Gasteiger partial charge >= 0.3 is 6.18 Å². The van der Waals surface area contributed by atoms with Crippen molar-refractivity contribution in [1.82, 2.24) is 4.90 Å². The summed E-state index contributed by atoms with van der Waals surface area (Å²) in [5.74, 6) is 3.82. The minimum absolute atomic E-state index is 0.530. The quantitative estimate of drug-likeness (QED) is 0.337. The van der Waals surface area contributed by atoms with Crippen molar-refractivity contribution in [3.8, 4) is 6.07 Å². The van der Waals surface area contributed by atoms with Crippen molar-refractivity contribution in [2.45, 2.75) is 60.2 Å². The van der Waals surface area contributed by atoms with Crippen LogP contribution in [-0.4, -0.2) is 18.0 Å². The van der Waals surface area contributed by atoms with E-state index in [9.17, 15) is 13.2 Å². The SMILES string of the molecule is CCc1cccc(C(F)(F)F)c1.Cc1ccc(C#N)c(Cl)c1.Cc1ccc(CN2CCC(C(C)C)C2)o1. The molecule has 1 saturated heterocycles. The lowest BCUT2D eigenvalue weighted by molar-refractivity contribution is -0.137. The van der Waals surface area contributed by atoms with Gasteiger partial charge in [-0.25, -0.2) is 0 Å². The molecule has 37 heavy (non-hydrogen) atoms. The lowest BCUT2D eigenvalue weighted by atomic mass is 9.95. The monoisotopic (exact) mass is 532 g/mol. The zero-order valence-corrected chi connectivity index (χ0v) is 23.0. The standard InChI is InChI=1S/C13H21NO.C9H9F3.C8H6ClN/c1-10(2)12-6-7-14(8-12)9-13-5-4-11(3)15-13;1-2-7-4-3-5-8(6-7)9(10,11)12;1-6-2-3-7(5-10)8(9)4-6/h4-5,10,12H,6-9H2,1-3H3;3-6H,2H2,1H3;2-4H,1H3. The van der Waals surface area contributed by atoms with Gasteiger partial charge in [-0.3, -0.25) is 4.90 Å². The largest absolute Gasteiger partial charge is 0.465 e. The van der Waals surface area contributed by atoms with E-state index in [-0.39, 0.29) is 0 Å². The van der Waals surface area contributed by atoms with Crippen molar-refractivity contribution in [2.75, 3.05) is 13.1 Å². The average molecular weight is 533 g/mol. The highest BCUT2D eigenvalue weighted by Crippen LogP contribution is 2.29. The van der Waals surface area contributed by atoms with Crippen LogP contribution in [0.25, 0.3) is 0 Å². The van der Waals surface area contributed by atoms with Crippen LogP contribution < -0.4 is 0 Å². The Morgan fingerprint density at radius 1 is 1.11 bits per heavy atom. The van der Waals surface area contributed by atoms with Gasteiger partial charge in [-0.15, -0.1) is 0 Å². The third-order valence-corrected chi connectivity index (χ3v) is 6.65. The van der Waals surface area contributed by atoms with E-state index in [4.69, 9.17) is 21.3 Å². The third kappa shape index (κ3) is 10.3. The number of furan rings is 1. The first-order chi connectivity index (χ1) is 17.4. The molecule has 7 heteroatoms. The smallest absolute Gasteiger partial charge is 0.416 e. The number of benzene rings is 2. The summed E-state index contributed by atoms with van der Waals surface area (Å²) in [6.07, 6.45) is -2.24. The number of likely N-dealkylation sites (tertiary alicyclic amines) is 1. The molecule has 3 nitrogen and oxygen atoms in total. The van der Waals surface area contributed by atoms with E-state index in [1.165, 1.54) is 31.6 Å². The van der Waals surface area contributed by atoms with Gasteiger partial charge in [-0.1, -0.05) is 56.6 Å². The van der Waals surface area contributed by atoms with Crippen LogP contribution in [0.1, 0.15) is 61.0 Å².